The number of hydrogen-bond donors (Lipinski definition) is 1. The Labute approximate surface area is 151 Å². The zero-order valence-electron chi connectivity index (χ0n) is 14.2. The quantitative estimate of drug-likeness (QED) is 0.557. The molecule has 6 heteroatoms. The lowest BCUT2D eigenvalue weighted by Gasteiger charge is -2.01. The Morgan fingerprint density at radius 3 is 2.46 bits per heavy atom. The van der Waals surface area contributed by atoms with E-state index in [1.807, 2.05) is 65.6 Å². The van der Waals surface area contributed by atoms with Crippen molar-refractivity contribution < 1.29 is 4.52 Å². The van der Waals surface area contributed by atoms with Gasteiger partial charge in [-0.2, -0.15) is 10.1 Å². The van der Waals surface area contributed by atoms with Crippen LogP contribution in [-0.2, 0) is 19.6 Å². The van der Waals surface area contributed by atoms with Crippen LogP contribution < -0.4 is 5.32 Å². The highest BCUT2D eigenvalue weighted by Gasteiger charge is 2.08. The Hall–Kier alpha value is -3.25. The molecule has 0 spiro atoms. The van der Waals surface area contributed by atoms with Crippen molar-refractivity contribution >= 4 is 0 Å². The summed E-state index contributed by atoms with van der Waals surface area (Å²) in [4.78, 5) is 4.41. The van der Waals surface area contributed by atoms with Gasteiger partial charge < -0.3 is 9.84 Å². The van der Waals surface area contributed by atoms with Crippen molar-refractivity contribution in [1.29, 1.82) is 0 Å². The van der Waals surface area contributed by atoms with E-state index in [0.29, 0.717) is 24.8 Å². The lowest BCUT2D eigenvalue weighted by Crippen LogP contribution is -2.12. The molecule has 0 saturated heterocycles. The smallest absolute Gasteiger partial charge is 0.240 e. The van der Waals surface area contributed by atoms with Gasteiger partial charge in [0.2, 0.25) is 11.7 Å². The van der Waals surface area contributed by atoms with Gasteiger partial charge in [-0.3, -0.25) is 4.68 Å². The molecule has 0 amide bonds. The molecule has 4 aromatic rings. The predicted molar refractivity (Wildman–Crippen MR) is 98.0 cm³/mol. The monoisotopic (exact) mass is 345 g/mol. The van der Waals surface area contributed by atoms with Crippen LogP contribution in [0.4, 0.5) is 0 Å². The Kier molecular flexibility index (Phi) is 4.84. The van der Waals surface area contributed by atoms with Crippen LogP contribution in [0.3, 0.4) is 0 Å². The number of benzene rings is 2. The minimum atomic E-state index is 0.518. The summed E-state index contributed by atoms with van der Waals surface area (Å²) in [5, 5.41) is 11.7. The fraction of sp³-hybridized carbons (Fsp3) is 0.150. The van der Waals surface area contributed by atoms with Gasteiger partial charge in [-0.05, 0) is 5.56 Å². The average Bonchev–Trinajstić information content (AvgIpc) is 3.33. The maximum atomic E-state index is 5.30. The maximum absolute atomic E-state index is 5.30. The van der Waals surface area contributed by atoms with E-state index in [9.17, 15) is 0 Å². The van der Waals surface area contributed by atoms with Gasteiger partial charge in [-0.25, -0.2) is 0 Å². The topological polar surface area (TPSA) is 68.8 Å². The van der Waals surface area contributed by atoms with Gasteiger partial charge in [0.15, 0.2) is 0 Å². The first kappa shape index (κ1) is 16.2. The molecule has 0 aliphatic rings. The van der Waals surface area contributed by atoms with E-state index in [1.165, 1.54) is 5.56 Å². The Bertz CT molecular complexity index is 947. The summed E-state index contributed by atoms with van der Waals surface area (Å²) >= 11 is 0. The molecule has 2 aromatic heterocycles. The molecule has 0 aliphatic heterocycles. The van der Waals surface area contributed by atoms with Gasteiger partial charge in [-0.15, -0.1) is 0 Å². The SMILES string of the molecule is c1ccc(Cn2cc(CNCc3nc(-c4ccccc4)no3)cn2)cc1. The van der Waals surface area contributed by atoms with Crippen LogP contribution in [0.1, 0.15) is 17.0 Å². The van der Waals surface area contributed by atoms with Crippen molar-refractivity contribution in [3.8, 4) is 11.4 Å². The highest BCUT2D eigenvalue weighted by Crippen LogP contribution is 2.14. The minimum Gasteiger partial charge on any atom is -0.338 e. The first-order valence-electron chi connectivity index (χ1n) is 8.51. The fourth-order valence-electron chi connectivity index (χ4n) is 2.70. The van der Waals surface area contributed by atoms with E-state index < -0.39 is 0 Å². The second-order valence-electron chi connectivity index (χ2n) is 6.01. The molecular formula is C20H19N5O. The highest BCUT2D eigenvalue weighted by molar-refractivity contribution is 5.53. The van der Waals surface area contributed by atoms with E-state index in [-0.39, 0.29) is 0 Å². The molecule has 26 heavy (non-hydrogen) atoms. The summed E-state index contributed by atoms with van der Waals surface area (Å²) in [6, 6.07) is 20.1. The average molecular weight is 345 g/mol. The van der Waals surface area contributed by atoms with Crippen LogP contribution in [-0.4, -0.2) is 19.9 Å². The normalized spacial score (nSPS) is 10.9. The lowest BCUT2D eigenvalue weighted by atomic mass is 10.2. The van der Waals surface area contributed by atoms with Gasteiger partial charge in [-0.1, -0.05) is 65.8 Å². The molecule has 2 aromatic carbocycles. The standard InChI is InChI=1S/C20H19N5O/c1-3-7-16(8-4-1)14-25-15-17(12-22-25)11-21-13-19-23-20(24-26-19)18-9-5-2-6-10-18/h1-10,12,15,21H,11,13-14H2. The third kappa shape index (κ3) is 4.04. The van der Waals surface area contributed by atoms with Crippen molar-refractivity contribution in [1.82, 2.24) is 25.2 Å². The fourth-order valence-corrected chi connectivity index (χ4v) is 2.70. The van der Waals surface area contributed by atoms with E-state index in [1.54, 1.807) is 0 Å². The second-order valence-corrected chi connectivity index (χ2v) is 6.01. The zero-order chi connectivity index (χ0) is 17.6. The first-order chi connectivity index (χ1) is 12.9. The molecule has 2 heterocycles. The van der Waals surface area contributed by atoms with Crippen LogP contribution in [0.15, 0.2) is 77.6 Å². The summed E-state index contributed by atoms with van der Waals surface area (Å²) in [5.74, 6) is 1.18. The van der Waals surface area contributed by atoms with E-state index in [2.05, 4.69) is 32.7 Å². The van der Waals surface area contributed by atoms with Crippen molar-refractivity contribution in [3.05, 3.63) is 90.1 Å². The zero-order valence-corrected chi connectivity index (χ0v) is 14.2. The van der Waals surface area contributed by atoms with Gasteiger partial charge in [0.05, 0.1) is 19.3 Å². The van der Waals surface area contributed by atoms with Crippen LogP contribution in [0.2, 0.25) is 0 Å². The largest absolute Gasteiger partial charge is 0.338 e. The molecule has 0 aliphatic carbocycles. The molecule has 0 saturated carbocycles. The van der Waals surface area contributed by atoms with Gasteiger partial charge in [0.25, 0.3) is 0 Å². The Morgan fingerprint density at radius 1 is 0.885 bits per heavy atom. The number of aromatic nitrogens is 4. The summed E-state index contributed by atoms with van der Waals surface area (Å²) in [7, 11) is 0. The predicted octanol–water partition coefficient (Wildman–Crippen LogP) is 3.27. The first-order valence-corrected chi connectivity index (χ1v) is 8.51. The number of rotatable bonds is 7. The van der Waals surface area contributed by atoms with Crippen molar-refractivity contribution in [2.75, 3.05) is 0 Å². The third-order valence-electron chi connectivity index (χ3n) is 3.98. The molecule has 0 bridgehead atoms. The number of nitrogens with one attached hydrogen (secondary N) is 1. The number of nitrogens with zero attached hydrogens (tertiary/aromatic N) is 4. The number of hydrogen-bond acceptors (Lipinski definition) is 5. The van der Waals surface area contributed by atoms with Crippen LogP contribution in [0, 0.1) is 0 Å². The van der Waals surface area contributed by atoms with Crippen molar-refractivity contribution in [3.63, 3.8) is 0 Å². The van der Waals surface area contributed by atoms with Crippen molar-refractivity contribution in [2.24, 2.45) is 0 Å². The van der Waals surface area contributed by atoms with E-state index in [0.717, 1.165) is 17.7 Å². The van der Waals surface area contributed by atoms with Crippen LogP contribution >= 0.6 is 0 Å². The third-order valence-corrected chi connectivity index (χ3v) is 3.98. The maximum Gasteiger partial charge on any atom is 0.240 e. The molecule has 0 fully saturated rings. The molecule has 6 nitrogen and oxygen atoms in total. The summed E-state index contributed by atoms with van der Waals surface area (Å²) in [5.41, 5.74) is 3.29. The molecule has 1 N–H and O–H groups in total. The lowest BCUT2D eigenvalue weighted by molar-refractivity contribution is 0.367. The van der Waals surface area contributed by atoms with Crippen LogP contribution in [0.5, 0.6) is 0 Å². The Balaban J connectivity index is 1.29. The van der Waals surface area contributed by atoms with Gasteiger partial charge in [0, 0.05) is 23.9 Å². The van der Waals surface area contributed by atoms with E-state index in [4.69, 9.17) is 4.52 Å². The van der Waals surface area contributed by atoms with Crippen molar-refractivity contribution in [2.45, 2.75) is 19.6 Å². The van der Waals surface area contributed by atoms with Gasteiger partial charge >= 0.3 is 0 Å². The molecule has 0 radical (unpaired) electrons. The molecule has 4 rings (SSSR count). The summed E-state index contributed by atoms with van der Waals surface area (Å²) in [6.45, 7) is 1.98. The van der Waals surface area contributed by atoms with Gasteiger partial charge in [0.1, 0.15) is 0 Å². The molecular weight excluding hydrogens is 326 g/mol. The highest BCUT2D eigenvalue weighted by atomic mass is 16.5. The molecule has 130 valence electrons. The molecule has 0 atom stereocenters. The van der Waals surface area contributed by atoms with Crippen LogP contribution in [0.25, 0.3) is 11.4 Å². The van der Waals surface area contributed by atoms with E-state index >= 15 is 0 Å². The summed E-state index contributed by atoms with van der Waals surface area (Å²) in [6.07, 6.45) is 3.92. The minimum absolute atomic E-state index is 0.518. The summed E-state index contributed by atoms with van der Waals surface area (Å²) < 4.78 is 7.23. The Morgan fingerprint density at radius 2 is 1.65 bits per heavy atom. The second kappa shape index (κ2) is 7.76. The molecule has 0 unspecified atom stereocenters.